The summed E-state index contributed by atoms with van der Waals surface area (Å²) >= 11 is 0. The van der Waals surface area contributed by atoms with Crippen LogP contribution in [0.4, 0.5) is 4.79 Å². The number of carbonyl (C=O) groups excluding carboxylic acids is 3. The van der Waals surface area contributed by atoms with Crippen LogP contribution in [0.3, 0.4) is 0 Å². The van der Waals surface area contributed by atoms with E-state index >= 15 is 0 Å². The molecule has 1 aliphatic carbocycles. The van der Waals surface area contributed by atoms with Crippen LogP contribution in [-0.4, -0.2) is 42.0 Å². The Bertz CT molecular complexity index is 405. The maximum Gasteiger partial charge on any atom is 0.331 e. The molecule has 0 aromatic heterocycles. The molecule has 0 bridgehead atoms. The number of imide groups is 2. The Balaban J connectivity index is 2.20. The molecule has 1 N–H and O–H groups in total. The molecule has 1 heterocycles. The SMILES string of the molecule is COC1CCC(N2C(=O)NC(=O)C(C)(C)C2=O)C1. The van der Waals surface area contributed by atoms with Gasteiger partial charge in [-0.15, -0.1) is 0 Å². The topological polar surface area (TPSA) is 75.7 Å². The summed E-state index contributed by atoms with van der Waals surface area (Å²) in [6, 6.07) is -0.777. The molecule has 2 rings (SSSR count). The van der Waals surface area contributed by atoms with Gasteiger partial charge in [0, 0.05) is 13.2 Å². The van der Waals surface area contributed by atoms with Gasteiger partial charge in [0.25, 0.3) is 0 Å². The summed E-state index contributed by atoms with van der Waals surface area (Å²) in [4.78, 5) is 36.9. The smallest absolute Gasteiger partial charge is 0.331 e. The van der Waals surface area contributed by atoms with Gasteiger partial charge in [-0.2, -0.15) is 0 Å². The van der Waals surface area contributed by atoms with E-state index in [1.54, 1.807) is 7.11 Å². The van der Waals surface area contributed by atoms with Crippen LogP contribution in [0.2, 0.25) is 0 Å². The molecule has 2 atom stereocenters. The van der Waals surface area contributed by atoms with Crippen LogP contribution in [0.5, 0.6) is 0 Å². The molecule has 1 saturated carbocycles. The first-order valence-electron chi connectivity index (χ1n) is 6.09. The lowest BCUT2D eigenvalue weighted by atomic mass is 9.88. The molecular weight excluding hydrogens is 236 g/mol. The van der Waals surface area contributed by atoms with E-state index in [0.717, 1.165) is 12.8 Å². The first-order valence-corrected chi connectivity index (χ1v) is 6.09. The Hall–Kier alpha value is -1.43. The average molecular weight is 254 g/mol. The second kappa shape index (κ2) is 4.35. The van der Waals surface area contributed by atoms with Gasteiger partial charge >= 0.3 is 6.03 Å². The minimum absolute atomic E-state index is 0.0799. The Kier molecular flexibility index (Phi) is 3.14. The molecule has 2 aliphatic rings. The summed E-state index contributed by atoms with van der Waals surface area (Å²) in [6.07, 6.45) is 2.27. The Morgan fingerprint density at radius 2 is 1.94 bits per heavy atom. The van der Waals surface area contributed by atoms with E-state index in [0.29, 0.717) is 6.42 Å². The highest BCUT2D eigenvalue weighted by atomic mass is 16.5. The molecule has 0 aromatic rings. The molecule has 6 nitrogen and oxygen atoms in total. The predicted molar refractivity (Wildman–Crippen MR) is 62.6 cm³/mol. The maximum absolute atomic E-state index is 12.3. The Labute approximate surface area is 106 Å². The molecular formula is C12H18N2O4. The van der Waals surface area contributed by atoms with Crippen molar-refractivity contribution in [3.05, 3.63) is 0 Å². The van der Waals surface area contributed by atoms with Gasteiger partial charge < -0.3 is 4.74 Å². The van der Waals surface area contributed by atoms with Crippen LogP contribution >= 0.6 is 0 Å². The second-order valence-electron chi connectivity index (χ2n) is 5.38. The van der Waals surface area contributed by atoms with Crippen molar-refractivity contribution in [2.75, 3.05) is 7.11 Å². The lowest BCUT2D eigenvalue weighted by molar-refractivity contribution is -0.150. The van der Waals surface area contributed by atoms with Crippen molar-refractivity contribution in [1.82, 2.24) is 10.2 Å². The molecule has 0 spiro atoms. The first kappa shape index (κ1) is 13.0. The summed E-state index contributed by atoms with van der Waals surface area (Å²) in [7, 11) is 1.62. The lowest BCUT2D eigenvalue weighted by Gasteiger charge is -2.37. The second-order valence-corrected chi connectivity index (χ2v) is 5.38. The minimum atomic E-state index is -1.18. The van der Waals surface area contributed by atoms with Crippen LogP contribution < -0.4 is 5.32 Å². The van der Waals surface area contributed by atoms with E-state index in [-0.39, 0.29) is 12.1 Å². The van der Waals surface area contributed by atoms with Crippen molar-refractivity contribution < 1.29 is 19.1 Å². The van der Waals surface area contributed by atoms with E-state index in [1.165, 1.54) is 18.7 Å². The van der Waals surface area contributed by atoms with Crippen molar-refractivity contribution in [2.24, 2.45) is 5.41 Å². The zero-order chi connectivity index (χ0) is 13.5. The van der Waals surface area contributed by atoms with Gasteiger partial charge in [0.1, 0.15) is 5.41 Å². The average Bonchev–Trinajstić information content (AvgIpc) is 2.76. The molecule has 2 unspecified atom stereocenters. The highest BCUT2D eigenvalue weighted by Gasteiger charge is 2.50. The molecule has 4 amide bonds. The zero-order valence-corrected chi connectivity index (χ0v) is 10.9. The third-order valence-electron chi connectivity index (χ3n) is 3.82. The molecule has 1 saturated heterocycles. The zero-order valence-electron chi connectivity index (χ0n) is 10.9. The number of hydrogen-bond acceptors (Lipinski definition) is 4. The number of amides is 4. The Morgan fingerprint density at radius 1 is 1.28 bits per heavy atom. The third kappa shape index (κ3) is 1.90. The van der Waals surface area contributed by atoms with Crippen molar-refractivity contribution in [3.8, 4) is 0 Å². The minimum Gasteiger partial charge on any atom is -0.381 e. The van der Waals surface area contributed by atoms with Crippen molar-refractivity contribution in [2.45, 2.75) is 45.3 Å². The molecule has 18 heavy (non-hydrogen) atoms. The van der Waals surface area contributed by atoms with Crippen LogP contribution in [0.1, 0.15) is 33.1 Å². The van der Waals surface area contributed by atoms with E-state index in [9.17, 15) is 14.4 Å². The number of carbonyl (C=O) groups is 3. The predicted octanol–water partition coefficient (Wildman–Crippen LogP) is 0.658. The third-order valence-corrected chi connectivity index (χ3v) is 3.82. The molecule has 1 aliphatic heterocycles. The number of methoxy groups -OCH3 is 1. The quantitative estimate of drug-likeness (QED) is 0.734. The summed E-state index contributed by atoms with van der Waals surface area (Å²) < 4.78 is 5.24. The van der Waals surface area contributed by atoms with Crippen molar-refractivity contribution in [3.63, 3.8) is 0 Å². The van der Waals surface area contributed by atoms with Gasteiger partial charge in [0.2, 0.25) is 11.8 Å². The number of urea groups is 1. The van der Waals surface area contributed by atoms with E-state index in [4.69, 9.17) is 4.74 Å². The number of nitrogens with zero attached hydrogens (tertiary/aromatic N) is 1. The van der Waals surface area contributed by atoms with Gasteiger partial charge in [0.05, 0.1) is 6.10 Å². The fourth-order valence-corrected chi connectivity index (χ4v) is 2.50. The van der Waals surface area contributed by atoms with Crippen LogP contribution in [-0.2, 0) is 14.3 Å². The number of barbiturate groups is 1. The summed E-state index contributed by atoms with van der Waals surface area (Å²) in [5.41, 5.74) is -1.18. The highest BCUT2D eigenvalue weighted by molar-refractivity contribution is 6.18. The molecule has 0 aromatic carbocycles. The highest BCUT2D eigenvalue weighted by Crippen LogP contribution is 2.32. The van der Waals surface area contributed by atoms with E-state index in [1.807, 2.05) is 0 Å². The van der Waals surface area contributed by atoms with E-state index in [2.05, 4.69) is 5.32 Å². The van der Waals surface area contributed by atoms with Gasteiger partial charge in [0.15, 0.2) is 0 Å². The molecule has 6 heteroatoms. The van der Waals surface area contributed by atoms with Gasteiger partial charge in [-0.3, -0.25) is 19.8 Å². The van der Waals surface area contributed by atoms with Crippen molar-refractivity contribution >= 4 is 17.8 Å². The van der Waals surface area contributed by atoms with Gasteiger partial charge in [-0.05, 0) is 33.1 Å². The number of ether oxygens (including phenoxy) is 1. The van der Waals surface area contributed by atoms with Crippen LogP contribution in [0.25, 0.3) is 0 Å². The normalized spacial score (nSPS) is 31.7. The van der Waals surface area contributed by atoms with Crippen LogP contribution in [0.15, 0.2) is 0 Å². The summed E-state index contributed by atoms with van der Waals surface area (Å²) in [6.45, 7) is 3.07. The fraction of sp³-hybridized carbons (Fsp3) is 0.750. The first-order chi connectivity index (χ1) is 8.37. The molecule has 0 radical (unpaired) electrons. The summed E-state index contributed by atoms with van der Waals surface area (Å²) in [5, 5.41) is 2.25. The van der Waals surface area contributed by atoms with E-state index < -0.39 is 23.3 Å². The standard InChI is InChI=1S/C12H18N2O4/c1-12(2)9(15)13-11(17)14(10(12)16)7-4-5-8(6-7)18-3/h7-8H,4-6H2,1-3H3,(H,13,15,17). The number of hydrogen-bond donors (Lipinski definition) is 1. The maximum atomic E-state index is 12.3. The largest absolute Gasteiger partial charge is 0.381 e. The molecule has 2 fully saturated rings. The van der Waals surface area contributed by atoms with Crippen LogP contribution in [0, 0.1) is 5.41 Å². The summed E-state index contributed by atoms with van der Waals surface area (Å²) in [5.74, 6) is -0.951. The lowest BCUT2D eigenvalue weighted by Crippen LogP contribution is -2.64. The number of rotatable bonds is 2. The van der Waals surface area contributed by atoms with Gasteiger partial charge in [-0.25, -0.2) is 4.79 Å². The fourth-order valence-electron chi connectivity index (χ4n) is 2.50. The van der Waals surface area contributed by atoms with Crippen molar-refractivity contribution in [1.29, 1.82) is 0 Å². The van der Waals surface area contributed by atoms with Gasteiger partial charge in [-0.1, -0.05) is 0 Å². The Morgan fingerprint density at radius 3 is 2.50 bits per heavy atom. The molecule has 100 valence electrons. The monoisotopic (exact) mass is 254 g/mol. The number of nitrogens with one attached hydrogen (secondary N) is 1.